The number of benzene rings is 1. The normalized spacial score (nSPS) is 21.1. The lowest BCUT2D eigenvalue weighted by molar-refractivity contribution is 0.0531. The standard InChI is InChI=1S/C16H25NO3/c1-12-5-6-13(2)16(8-12)20-11-15(19)9-17-7-3-4-14(17)10-18/h5-6,8,14-15,18-19H,3-4,7,9-11H2,1-2H3. The minimum absolute atomic E-state index is 0.171. The van der Waals surface area contributed by atoms with Crippen LogP contribution in [-0.4, -0.2) is 53.6 Å². The Morgan fingerprint density at radius 1 is 1.40 bits per heavy atom. The van der Waals surface area contributed by atoms with Crippen LogP contribution in [0.5, 0.6) is 5.75 Å². The molecule has 1 aliphatic rings. The summed E-state index contributed by atoms with van der Waals surface area (Å²) in [6, 6.07) is 6.27. The zero-order valence-electron chi connectivity index (χ0n) is 12.4. The Morgan fingerprint density at radius 3 is 2.95 bits per heavy atom. The molecule has 0 aliphatic carbocycles. The summed E-state index contributed by atoms with van der Waals surface area (Å²) in [5.74, 6) is 0.837. The fraction of sp³-hybridized carbons (Fsp3) is 0.625. The largest absolute Gasteiger partial charge is 0.491 e. The number of β-amino-alcohol motifs (C(OH)–C–C–N with tert-alkyl or cyclic N) is 1. The lowest BCUT2D eigenvalue weighted by Gasteiger charge is -2.25. The first-order valence-electron chi connectivity index (χ1n) is 7.33. The molecule has 2 atom stereocenters. The Kier molecular flexibility index (Phi) is 5.40. The second kappa shape index (κ2) is 7.07. The van der Waals surface area contributed by atoms with E-state index in [-0.39, 0.29) is 12.6 Å². The molecule has 0 aromatic heterocycles. The van der Waals surface area contributed by atoms with Crippen LogP contribution in [0.25, 0.3) is 0 Å². The Hall–Kier alpha value is -1.10. The van der Waals surface area contributed by atoms with Crippen molar-refractivity contribution < 1.29 is 14.9 Å². The Balaban J connectivity index is 1.83. The summed E-state index contributed by atoms with van der Waals surface area (Å²) in [7, 11) is 0. The van der Waals surface area contributed by atoms with Crippen molar-refractivity contribution in [2.75, 3.05) is 26.3 Å². The van der Waals surface area contributed by atoms with E-state index >= 15 is 0 Å². The summed E-state index contributed by atoms with van der Waals surface area (Å²) >= 11 is 0. The van der Waals surface area contributed by atoms with Gasteiger partial charge in [-0.25, -0.2) is 0 Å². The highest BCUT2D eigenvalue weighted by molar-refractivity contribution is 5.35. The van der Waals surface area contributed by atoms with Crippen LogP contribution < -0.4 is 4.74 Å². The number of likely N-dealkylation sites (tertiary alicyclic amines) is 1. The van der Waals surface area contributed by atoms with E-state index in [4.69, 9.17) is 4.74 Å². The van der Waals surface area contributed by atoms with Gasteiger partial charge in [0.15, 0.2) is 0 Å². The first kappa shape index (κ1) is 15.3. The van der Waals surface area contributed by atoms with Crippen LogP contribution >= 0.6 is 0 Å². The van der Waals surface area contributed by atoms with E-state index < -0.39 is 6.10 Å². The van der Waals surface area contributed by atoms with Crippen LogP contribution in [0.1, 0.15) is 24.0 Å². The molecule has 1 aromatic carbocycles. The summed E-state index contributed by atoms with van der Waals surface area (Å²) in [6.07, 6.45) is 1.58. The van der Waals surface area contributed by atoms with E-state index in [9.17, 15) is 10.2 Å². The number of hydrogen-bond acceptors (Lipinski definition) is 4. The van der Waals surface area contributed by atoms with Crippen molar-refractivity contribution in [3.8, 4) is 5.75 Å². The third-order valence-electron chi connectivity index (χ3n) is 3.93. The second-order valence-corrected chi connectivity index (χ2v) is 5.71. The maximum atomic E-state index is 10.1. The molecule has 112 valence electrons. The van der Waals surface area contributed by atoms with Crippen LogP contribution in [-0.2, 0) is 0 Å². The molecule has 0 saturated carbocycles. The van der Waals surface area contributed by atoms with Crippen LogP contribution in [0.4, 0.5) is 0 Å². The molecule has 1 heterocycles. The minimum atomic E-state index is -0.526. The molecule has 2 rings (SSSR count). The van der Waals surface area contributed by atoms with E-state index in [2.05, 4.69) is 11.0 Å². The molecule has 2 N–H and O–H groups in total. The van der Waals surface area contributed by atoms with Crippen molar-refractivity contribution in [2.24, 2.45) is 0 Å². The van der Waals surface area contributed by atoms with Gasteiger partial charge in [-0.05, 0) is 50.4 Å². The Labute approximate surface area is 121 Å². The SMILES string of the molecule is Cc1ccc(C)c(OCC(O)CN2CCCC2CO)c1. The molecular weight excluding hydrogens is 254 g/mol. The Morgan fingerprint density at radius 2 is 2.20 bits per heavy atom. The lowest BCUT2D eigenvalue weighted by Crippen LogP contribution is -2.40. The third-order valence-corrected chi connectivity index (χ3v) is 3.93. The predicted molar refractivity (Wildman–Crippen MR) is 79.1 cm³/mol. The number of hydrogen-bond donors (Lipinski definition) is 2. The first-order valence-corrected chi connectivity index (χ1v) is 7.33. The fourth-order valence-corrected chi connectivity index (χ4v) is 2.71. The van der Waals surface area contributed by atoms with Gasteiger partial charge in [-0.2, -0.15) is 0 Å². The van der Waals surface area contributed by atoms with Gasteiger partial charge >= 0.3 is 0 Å². The summed E-state index contributed by atoms with van der Waals surface area (Å²) in [6.45, 7) is 6.01. The molecule has 1 saturated heterocycles. The summed E-state index contributed by atoms with van der Waals surface area (Å²) in [5, 5.41) is 19.4. The van der Waals surface area contributed by atoms with Gasteiger partial charge in [-0.3, -0.25) is 4.90 Å². The fourth-order valence-electron chi connectivity index (χ4n) is 2.71. The van der Waals surface area contributed by atoms with Gasteiger partial charge in [0, 0.05) is 12.6 Å². The molecule has 1 fully saturated rings. The summed E-state index contributed by atoms with van der Waals surface area (Å²) in [4.78, 5) is 2.15. The van der Waals surface area contributed by atoms with E-state index in [1.165, 1.54) is 0 Å². The molecule has 0 radical (unpaired) electrons. The molecule has 1 aromatic rings. The highest BCUT2D eigenvalue weighted by Gasteiger charge is 2.25. The number of aliphatic hydroxyl groups is 2. The topological polar surface area (TPSA) is 52.9 Å². The maximum Gasteiger partial charge on any atom is 0.122 e. The highest BCUT2D eigenvalue weighted by Crippen LogP contribution is 2.20. The first-order chi connectivity index (χ1) is 9.60. The van der Waals surface area contributed by atoms with Gasteiger partial charge in [-0.1, -0.05) is 12.1 Å². The lowest BCUT2D eigenvalue weighted by atomic mass is 10.1. The number of aryl methyl sites for hydroxylation is 2. The monoisotopic (exact) mass is 279 g/mol. The number of nitrogens with zero attached hydrogens (tertiary/aromatic N) is 1. The van der Waals surface area contributed by atoms with Crippen molar-refractivity contribution in [1.29, 1.82) is 0 Å². The minimum Gasteiger partial charge on any atom is -0.491 e. The molecule has 0 amide bonds. The quantitative estimate of drug-likeness (QED) is 0.828. The molecule has 0 spiro atoms. The molecule has 4 nitrogen and oxygen atoms in total. The van der Waals surface area contributed by atoms with Gasteiger partial charge < -0.3 is 14.9 Å². The van der Waals surface area contributed by atoms with Crippen LogP contribution in [0, 0.1) is 13.8 Å². The van der Waals surface area contributed by atoms with Gasteiger partial charge in [0.25, 0.3) is 0 Å². The van der Waals surface area contributed by atoms with E-state index in [1.54, 1.807) is 0 Å². The zero-order valence-corrected chi connectivity index (χ0v) is 12.4. The molecular formula is C16H25NO3. The average Bonchev–Trinajstić information content (AvgIpc) is 2.87. The van der Waals surface area contributed by atoms with Crippen molar-refractivity contribution in [1.82, 2.24) is 4.90 Å². The highest BCUT2D eigenvalue weighted by atomic mass is 16.5. The van der Waals surface area contributed by atoms with Gasteiger partial charge in [0.05, 0.1) is 6.61 Å². The van der Waals surface area contributed by atoms with Crippen LogP contribution in [0.3, 0.4) is 0 Å². The van der Waals surface area contributed by atoms with E-state index in [0.717, 1.165) is 36.3 Å². The second-order valence-electron chi connectivity index (χ2n) is 5.71. The van der Waals surface area contributed by atoms with Gasteiger partial charge in [0.2, 0.25) is 0 Å². The van der Waals surface area contributed by atoms with E-state index in [1.807, 2.05) is 26.0 Å². The summed E-state index contributed by atoms with van der Waals surface area (Å²) < 4.78 is 5.72. The predicted octanol–water partition coefficient (Wildman–Crippen LogP) is 1.50. The van der Waals surface area contributed by atoms with Crippen LogP contribution in [0.15, 0.2) is 18.2 Å². The molecule has 4 heteroatoms. The van der Waals surface area contributed by atoms with Gasteiger partial charge in [-0.15, -0.1) is 0 Å². The zero-order chi connectivity index (χ0) is 14.5. The van der Waals surface area contributed by atoms with E-state index in [0.29, 0.717) is 13.2 Å². The van der Waals surface area contributed by atoms with Crippen molar-refractivity contribution in [2.45, 2.75) is 38.8 Å². The number of aliphatic hydroxyl groups excluding tert-OH is 2. The summed E-state index contributed by atoms with van der Waals surface area (Å²) in [5.41, 5.74) is 2.23. The maximum absolute atomic E-state index is 10.1. The number of ether oxygens (including phenoxy) is 1. The third kappa shape index (κ3) is 3.95. The molecule has 20 heavy (non-hydrogen) atoms. The van der Waals surface area contributed by atoms with Gasteiger partial charge in [0.1, 0.15) is 18.5 Å². The molecule has 1 aliphatic heterocycles. The Bertz CT molecular complexity index is 436. The van der Waals surface area contributed by atoms with Crippen molar-refractivity contribution in [3.63, 3.8) is 0 Å². The average molecular weight is 279 g/mol. The molecule has 0 bridgehead atoms. The van der Waals surface area contributed by atoms with Crippen molar-refractivity contribution in [3.05, 3.63) is 29.3 Å². The smallest absolute Gasteiger partial charge is 0.122 e. The van der Waals surface area contributed by atoms with Crippen molar-refractivity contribution >= 4 is 0 Å². The number of rotatable bonds is 6. The molecule has 2 unspecified atom stereocenters. The van der Waals surface area contributed by atoms with Crippen LogP contribution in [0.2, 0.25) is 0 Å².